The first-order chi connectivity index (χ1) is 15.4. The summed E-state index contributed by atoms with van der Waals surface area (Å²) in [5, 5.41) is 0.955. The molecule has 33 heavy (non-hydrogen) atoms. The molecular formula is C24H28Cl2N2O4S. The zero-order chi connectivity index (χ0) is 24.4. The van der Waals surface area contributed by atoms with Crippen molar-refractivity contribution in [1.29, 1.82) is 0 Å². The quantitative estimate of drug-likeness (QED) is 0.361. The van der Waals surface area contributed by atoms with Crippen LogP contribution in [0.1, 0.15) is 57.0 Å². The molecule has 9 heteroatoms. The Hall–Kier alpha value is -2.22. The van der Waals surface area contributed by atoms with E-state index in [1.54, 1.807) is 6.92 Å². The van der Waals surface area contributed by atoms with Crippen LogP contribution >= 0.6 is 23.2 Å². The SMILES string of the molecule is CCCOc1c(Cl)cc(C(C)(C)c2ccc(OC(C)c3[nH]cnc3S(C)(=O)=O)cc2)cc1Cl. The first kappa shape index (κ1) is 25.4. The molecule has 0 saturated heterocycles. The maximum atomic E-state index is 11.9. The summed E-state index contributed by atoms with van der Waals surface area (Å²) in [5.41, 5.74) is 2.03. The number of aromatic nitrogens is 2. The number of H-pyrrole nitrogens is 1. The molecule has 0 saturated carbocycles. The van der Waals surface area contributed by atoms with Gasteiger partial charge in [-0.05, 0) is 48.7 Å². The van der Waals surface area contributed by atoms with Crippen LogP contribution in [-0.2, 0) is 15.3 Å². The number of aromatic amines is 1. The first-order valence-electron chi connectivity index (χ1n) is 10.6. The van der Waals surface area contributed by atoms with Crippen LogP contribution in [0.3, 0.4) is 0 Å². The monoisotopic (exact) mass is 510 g/mol. The average Bonchev–Trinajstić information content (AvgIpc) is 3.24. The number of ether oxygens (including phenoxy) is 2. The van der Waals surface area contributed by atoms with Crippen molar-refractivity contribution >= 4 is 33.0 Å². The average molecular weight is 511 g/mol. The highest BCUT2D eigenvalue weighted by atomic mass is 35.5. The smallest absolute Gasteiger partial charge is 0.194 e. The van der Waals surface area contributed by atoms with Crippen molar-refractivity contribution in [2.45, 2.75) is 50.7 Å². The third kappa shape index (κ3) is 5.65. The molecule has 0 fully saturated rings. The van der Waals surface area contributed by atoms with Gasteiger partial charge in [0, 0.05) is 11.7 Å². The summed E-state index contributed by atoms with van der Waals surface area (Å²) >= 11 is 12.9. The van der Waals surface area contributed by atoms with Gasteiger partial charge in [0.2, 0.25) is 0 Å². The van der Waals surface area contributed by atoms with E-state index in [-0.39, 0.29) is 10.4 Å². The molecule has 1 N–H and O–H groups in total. The molecule has 178 valence electrons. The zero-order valence-corrected chi connectivity index (χ0v) is 21.6. The highest BCUT2D eigenvalue weighted by molar-refractivity contribution is 7.90. The number of hydrogen-bond donors (Lipinski definition) is 1. The van der Waals surface area contributed by atoms with E-state index in [0.717, 1.165) is 23.8 Å². The van der Waals surface area contributed by atoms with Crippen LogP contribution in [0.4, 0.5) is 0 Å². The molecule has 0 radical (unpaired) electrons. The van der Waals surface area contributed by atoms with Crippen LogP contribution < -0.4 is 9.47 Å². The summed E-state index contributed by atoms with van der Waals surface area (Å²) in [4.78, 5) is 6.78. The Kier molecular flexibility index (Phi) is 7.66. The van der Waals surface area contributed by atoms with Gasteiger partial charge in [-0.2, -0.15) is 0 Å². The maximum absolute atomic E-state index is 11.9. The van der Waals surface area contributed by atoms with Crippen molar-refractivity contribution in [3.05, 3.63) is 69.6 Å². The Morgan fingerprint density at radius 1 is 1.09 bits per heavy atom. The Morgan fingerprint density at radius 3 is 2.24 bits per heavy atom. The van der Waals surface area contributed by atoms with E-state index in [9.17, 15) is 8.42 Å². The Balaban J connectivity index is 1.81. The van der Waals surface area contributed by atoms with Gasteiger partial charge in [-0.1, -0.05) is 56.1 Å². The molecule has 1 aromatic heterocycles. The van der Waals surface area contributed by atoms with Crippen LogP contribution in [0.25, 0.3) is 0 Å². The van der Waals surface area contributed by atoms with E-state index in [4.69, 9.17) is 32.7 Å². The lowest BCUT2D eigenvalue weighted by Gasteiger charge is -2.27. The molecule has 0 aliphatic heterocycles. The van der Waals surface area contributed by atoms with E-state index < -0.39 is 15.9 Å². The molecule has 1 atom stereocenters. The lowest BCUT2D eigenvalue weighted by molar-refractivity contribution is 0.219. The van der Waals surface area contributed by atoms with E-state index in [2.05, 4.69) is 23.8 Å². The molecule has 3 aromatic rings. The Morgan fingerprint density at radius 2 is 1.70 bits per heavy atom. The first-order valence-corrected chi connectivity index (χ1v) is 13.2. The topological polar surface area (TPSA) is 81.3 Å². The standard InChI is InChI=1S/C24H28Cl2N2O4S/c1-6-11-31-22-19(25)12-17(13-20(22)26)24(3,4)16-7-9-18(10-8-16)32-15(2)21-23(28-14-27-21)33(5,29)30/h7-10,12-15H,6,11H2,1-5H3,(H,27,28). The lowest BCUT2D eigenvalue weighted by Crippen LogP contribution is -2.19. The number of sulfone groups is 1. The van der Waals surface area contributed by atoms with Gasteiger partial charge in [0.25, 0.3) is 0 Å². The number of nitrogens with one attached hydrogen (secondary N) is 1. The van der Waals surface area contributed by atoms with Crippen molar-refractivity contribution in [3.63, 3.8) is 0 Å². The number of imidazole rings is 1. The predicted octanol–water partition coefficient (Wildman–Crippen LogP) is 6.37. The molecule has 0 spiro atoms. The van der Waals surface area contributed by atoms with Gasteiger partial charge in [0.05, 0.1) is 28.7 Å². The molecule has 6 nitrogen and oxygen atoms in total. The van der Waals surface area contributed by atoms with Gasteiger partial charge in [-0.25, -0.2) is 13.4 Å². The van der Waals surface area contributed by atoms with Crippen molar-refractivity contribution in [2.75, 3.05) is 12.9 Å². The number of hydrogen-bond acceptors (Lipinski definition) is 5. The fourth-order valence-electron chi connectivity index (χ4n) is 3.52. The third-order valence-corrected chi connectivity index (χ3v) is 7.04. The molecule has 1 unspecified atom stereocenters. The van der Waals surface area contributed by atoms with Crippen LogP contribution in [0.5, 0.6) is 11.5 Å². The second kappa shape index (κ2) is 9.95. The summed E-state index contributed by atoms with van der Waals surface area (Å²) in [5.74, 6) is 1.11. The largest absolute Gasteiger partial charge is 0.490 e. The minimum absolute atomic E-state index is 0.00660. The van der Waals surface area contributed by atoms with E-state index in [1.807, 2.05) is 43.3 Å². The Bertz CT molecular complexity index is 1200. The number of rotatable bonds is 9. The van der Waals surface area contributed by atoms with Crippen LogP contribution in [0.2, 0.25) is 10.0 Å². The minimum Gasteiger partial charge on any atom is -0.490 e. The van der Waals surface area contributed by atoms with Gasteiger partial charge < -0.3 is 14.5 Å². The van der Waals surface area contributed by atoms with Crippen molar-refractivity contribution in [3.8, 4) is 11.5 Å². The number of halogens is 2. The highest BCUT2D eigenvalue weighted by Crippen LogP contribution is 2.41. The van der Waals surface area contributed by atoms with Crippen LogP contribution in [-0.4, -0.2) is 31.2 Å². The van der Waals surface area contributed by atoms with E-state index in [1.165, 1.54) is 6.33 Å². The normalized spacial score (nSPS) is 13.1. The summed E-state index contributed by atoms with van der Waals surface area (Å²) in [6.07, 6.45) is 2.82. The van der Waals surface area contributed by atoms with Gasteiger partial charge in [0.15, 0.2) is 20.6 Å². The third-order valence-electron chi connectivity index (χ3n) is 5.45. The van der Waals surface area contributed by atoms with Gasteiger partial charge >= 0.3 is 0 Å². The Labute approximate surface area is 205 Å². The minimum atomic E-state index is -3.45. The van der Waals surface area contributed by atoms with E-state index in [0.29, 0.717) is 33.8 Å². The van der Waals surface area contributed by atoms with Crippen molar-refractivity contribution in [2.24, 2.45) is 0 Å². The fraction of sp³-hybridized carbons (Fsp3) is 0.375. The summed E-state index contributed by atoms with van der Waals surface area (Å²) in [6.45, 7) is 8.51. The van der Waals surface area contributed by atoms with Gasteiger partial charge in [0.1, 0.15) is 11.9 Å². The van der Waals surface area contributed by atoms with Gasteiger partial charge in [-0.3, -0.25) is 0 Å². The predicted molar refractivity (Wildman–Crippen MR) is 132 cm³/mol. The van der Waals surface area contributed by atoms with Crippen molar-refractivity contribution in [1.82, 2.24) is 9.97 Å². The van der Waals surface area contributed by atoms with E-state index >= 15 is 0 Å². The molecule has 1 heterocycles. The molecule has 3 rings (SSSR count). The molecule has 2 aromatic carbocycles. The van der Waals surface area contributed by atoms with Crippen LogP contribution in [0, 0.1) is 0 Å². The fourth-order valence-corrected chi connectivity index (χ4v) is 4.99. The summed E-state index contributed by atoms with van der Waals surface area (Å²) in [6, 6.07) is 11.4. The molecule has 0 aliphatic rings. The zero-order valence-electron chi connectivity index (χ0n) is 19.3. The number of nitrogens with zero attached hydrogens (tertiary/aromatic N) is 1. The molecular weight excluding hydrogens is 483 g/mol. The summed E-state index contributed by atoms with van der Waals surface area (Å²) in [7, 11) is -3.45. The van der Waals surface area contributed by atoms with Gasteiger partial charge in [-0.15, -0.1) is 0 Å². The second-order valence-corrected chi connectivity index (χ2v) is 11.2. The molecule has 0 bridgehead atoms. The maximum Gasteiger partial charge on any atom is 0.194 e. The molecule has 0 aliphatic carbocycles. The second-order valence-electron chi connectivity index (χ2n) is 8.42. The molecule has 0 amide bonds. The highest BCUT2D eigenvalue weighted by Gasteiger charge is 2.26. The van der Waals surface area contributed by atoms with Crippen molar-refractivity contribution < 1.29 is 17.9 Å². The number of benzene rings is 2. The van der Waals surface area contributed by atoms with Crippen LogP contribution in [0.15, 0.2) is 47.8 Å². The summed E-state index contributed by atoms with van der Waals surface area (Å²) < 4.78 is 35.5. The lowest BCUT2D eigenvalue weighted by atomic mass is 9.78.